The molecule has 0 aliphatic heterocycles. The Balaban J connectivity index is 1.66. The van der Waals surface area contributed by atoms with Gasteiger partial charge in [0, 0.05) is 42.7 Å². The molecule has 8 nitrogen and oxygen atoms in total. The van der Waals surface area contributed by atoms with E-state index in [0.717, 1.165) is 13.0 Å². The summed E-state index contributed by atoms with van der Waals surface area (Å²) in [5.74, 6) is 1.54. The smallest absolute Gasteiger partial charge is 0.163 e. The second-order valence-corrected chi connectivity index (χ2v) is 8.09. The molecule has 4 aromatic rings. The van der Waals surface area contributed by atoms with Crippen molar-refractivity contribution in [3.05, 3.63) is 64.8 Å². The Morgan fingerprint density at radius 3 is 2.59 bits per heavy atom. The molecule has 0 radical (unpaired) electrons. The van der Waals surface area contributed by atoms with Gasteiger partial charge in [-0.15, -0.1) is 0 Å². The lowest BCUT2D eigenvalue weighted by atomic mass is 10.1. The summed E-state index contributed by atoms with van der Waals surface area (Å²) in [7, 11) is 3.08. The number of nitrogens with zero attached hydrogens (tertiary/aromatic N) is 4. The van der Waals surface area contributed by atoms with Crippen LogP contribution in [0.5, 0.6) is 17.2 Å². The molecule has 0 saturated heterocycles. The van der Waals surface area contributed by atoms with E-state index in [1.165, 1.54) is 13.3 Å². The molecule has 2 aromatic heterocycles. The lowest BCUT2D eigenvalue weighted by molar-refractivity contribution is 0.283. The van der Waals surface area contributed by atoms with E-state index in [4.69, 9.17) is 37.4 Å². The summed E-state index contributed by atoms with van der Waals surface area (Å²) in [5.41, 5.74) is 2.03. The first-order valence-electron chi connectivity index (χ1n) is 10.3. The van der Waals surface area contributed by atoms with Crippen LogP contribution in [0.1, 0.15) is 12.0 Å². The number of ether oxygens (including phenoxy) is 3. The van der Waals surface area contributed by atoms with Crippen molar-refractivity contribution in [1.82, 2.24) is 14.5 Å². The van der Waals surface area contributed by atoms with E-state index < -0.39 is 0 Å². The Bertz CT molecular complexity index is 1350. The van der Waals surface area contributed by atoms with Crippen molar-refractivity contribution >= 4 is 45.5 Å². The van der Waals surface area contributed by atoms with E-state index in [2.05, 4.69) is 21.4 Å². The van der Waals surface area contributed by atoms with E-state index in [9.17, 15) is 5.26 Å². The highest BCUT2D eigenvalue weighted by atomic mass is 35.5. The lowest BCUT2D eigenvalue weighted by Crippen LogP contribution is -2.04. The van der Waals surface area contributed by atoms with Crippen molar-refractivity contribution in [3.63, 3.8) is 0 Å². The van der Waals surface area contributed by atoms with E-state index in [1.54, 1.807) is 43.9 Å². The maximum absolute atomic E-state index is 9.70. The van der Waals surface area contributed by atoms with Crippen molar-refractivity contribution in [2.45, 2.75) is 13.0 Å². The van der Waals surface area contributed by atoms with Crippen LogP contribution in [-0.2, 0) is 6.54 Å². The number of aromatic nitrogens is 3. The average Bonchev–Trinajstić information content (AvgIpc) is 3.36. The van der Waals surface area contributed by atoms with Crippen molar-refractivity contribution in [3.8, 4) is 23.3 Å². The molecule has 34 heavy (non-hydrogen) atoms. The summed E-state index contributed by atoms with van der Waals surface area (Å²) in [6.45, 7) is 1.28. The molecule has 0 fully saturated rings. The number of pyridine rings is 1. The van der Waals surface area contributed by atoms with Gasteiger partial charge >= 0.3 is 0 Å². The zero-order chi connectivity index (χ0) is 24.1. The van der Waals surface area contributed by atoms with Gasteiger partial charge in [0.15, 0.2) is 11.5 Å². The topological polar surface area (TPSA) is 94.2 Å². The molecule has 0 saturated carbocycles. The van der Waals surface area contributed by atoms with Gasteiger partial charge in [-0.25, -0.2) is 4.98 Å². The third-order valence-corrected chi connectivity index (χ3v) is 5.76. The molecule has 174 valence electrons. The molecule has 1 N–H and O–H groups in total. The minimum Gasteiger partial charge on any atom is -0.495 e. The van der Waals surface area contributed by atoms with Crippen LogP contribution in [-0.4, -0.2) is 35.4 Å². The monoisotopic (exact) mass is 497 g/mol. The SMILES string of the molecule is COc1cc(Nc2c(C#N)cnc3cc(OCCCn4ccnc4)c(OC)cc23)c(Cl)cc1Cl. The highest BCUT2D eigenvalue weighted by Gasteiger charge is 2.16. The first-order chi connectivity index (χ1) is 16.5. The van der Waals surface area contributed by atoms with Gasteiger partial charge in [0.2, 0.25) is 0 Å². The first kappa shape index (κ1) is 23.5. The highest BCUT2D eigenvalue weighted by Crippen LogP contribution is 2.40. The number of fused-ring (bicyclic) bond motifs is 1. The van der Waals surface area contributed by atoms with Crippen molar-refractivity contribution in [2.24, 2.45) is 0 Å². The minimum absolute atomic E-state index is 0.341. The predicted octanol–water partition coefficient (Wildman–Crippen LogP) is 5.84. The summed E-state index contributed by atoms with van der Waals surface area (Å²) in [4.78, 5) is 8.48. The predicted molar refractivity (Wildman–Crippen MR) is 132 cm³/mol. The average molecular weight is 498 g/mol. The van der Waals surface area contributed by atoms with Crippen molar-refractivity contribution < 1.29 is 14.2 Å². The number of imidazole rings is 1. The number of rotatable bonds is 9. The molecule has 10 heteroatoms. The Hall–Kier alpha value is -3.67. The zero-order valence-electron chi connectivity index (χ0n) is 18.5. The van der Waals surface area contributed by atoms with Gasteiger partial charge in [0.25, 0.3) is 0 Å². The minimum atomic E-state index is 0.341. The molecule has 0 bridgehead atoms. The number of methoxy groups -OCH3 is 2. The summed E-state index contributed by atoms with van der Waals surface area (Å²) in [5, 5.41) is 14.4. The van der Waals surface area contributed by atoms with E-state index in [-0.39, 0.29) is 0 Å². The van der Waals surface area contributed by atoms with Crippen LogP contribution in [0.3, 0.4) is 0 Å². The second kappa shape index (κ2) is 10.5. The summed E-state index contributed by atoms with van der Waals surface area (Å²) in [6, 6.07) is 9.01. The molecule has 0 unspecified atom stereocenters. The van der Waals surface area contributed by atoms with Crippen LogP contribution in [0.4, 0.5) is 11.4 Å². The number of nitriles is 1. The van der Waals surface area contributed by atoms with Gasteiger partial charge in [-0.2, -0.15) is 5.26 Å². The maximum Gasteiger partial charge on any atom is 0.163 e. The number of halogens is 2. The van der Waals surface area contributed by atoms with Crippen molar-refractivity contribution in [1.29, 1.82) is 5.26 Å². The Morgan fingerprint density at radius 2 is 1.88 bits per heavy atom. The molecule has 0 aliphatic rings. The van der Waals surface area contributed by atoms with Crippen LogP contribution < -0.4 is 19.5 Å². The van der Waals surface area contributed by atoms with Gasteiger partial charge in [-0.3, -0.25) is 4.98 Å². The Morgan fingerprint density at radius 1 is 1.06 bits per heavy atom. The number of hydrogen-bond donors (Lipinski definition) is 1. The zero-order valence-corrected chi connectivity index (χ0v) is 20.0. The molecule has 2 aromatic carbocycles. The van der Waals surface area contributed by atoms with Crippen LogP contribution in [0.15, 0.2) is 49.2 Å². The molecular weight excluding hydrogens is 477 g/mol. The molecular formula is C24H21Cl2N5O3. The molecule has 0 atom stereocenters. The van der Waals surface area contributed by atoms with Gasteiger partial charge in [-0.05, 0) is 18.6 Å². The third-order valence-electron chi connectivity index (χ3n) is 5.15. The second-order valence-electron chi connectivity index (χ2n) is 7.27. The highest BCUT2D eigenvalue weighted by molar-refractivity contribution is 6.37. The fourth-order valence-electron chi connectivity index (χ4n) is 3.46. The maximum atomic E-state index is 9.70. The van der Waals surface area contributed by atoms with E-state index in [1.807, 2.05) is 10.8 Å². The number of anilines is 2. The van der Waals surface area contributed by atoms with E-state index >= 15 is 0 Å². The Kier molecular flexibility index (Phi) is 7.26. The molecule has 0 spiro atoms. The molecule has 0 amide bonds. The van der Waals surface area contributed by atoms with Gasteiger partial charge in [0.05, 0.1) is 59.7 Å². The summed E-state index contributed by atoms with van der Waals surface area (Å²) in [6.07, 6.45) is 7.71. The number of benzene rings is 2. The van der Waals surface area contributed by atoms with Crippen LogP contribution in [0.2, 0.25) is 10.0 Å². The van der Waals surface area contributed by atoms with Gasteiger partial charge < -0.3 is 24.1 Å². The largest absolute Gasteiger partial charge is 0.495 e. The van der Waals surface area contributed by atoms with Crippen LogP contribution in [0, 0.1) is 11.3 Å². The number of hydrogen-bond acceptors (Lipinski definition) is 7. The lowest BCUT2D eigenvalue weighted by Gasteiger charge is -2.16. The van der Waals surface area contributed by atoms with E-state index in [0.29, 0.717) is 61.7 Å². The van der Waals surface area contributed by atoms with Crippen molar-refractivity contribution in [2.75, 3.05) is 26.1 Å². The number of nitrogens with one attached hydrogen (secondary N) is 1. The molecule has 0 aliphatic carbocycles. The number of aryl methyl sites for hydroxylation is 1. The summed E-state index contributed by atoms with van der Waals surface area (Å²) >= 11 is 12.6. The van der Waals surface area contributed by atoms with Crippen LogP contribution in [0.25, 0.3) is 10.9 Å². The molecule has 4 rings (SSSR count). The quantitative estimate of drug-likeness (QED) is 0.290. The Labute approximate surface area is 206 Å². The third kappa shape index (κ3) is 4.96. The summed E-state index contributed by atoms with van der Waals surface area (Å²) < 4.78 is 18.8. The van der Waals surface area contributed by atoms with Crippen LogP contribution >= 0.6 is 23.2 Å². The first-order valence-corrected chi connectivity index (χ1v) is 11.1. The standard InChI is InChI=1S/C24H21Cl2N5O3/c1-32-21-11-20(17(25)9-18(21)26)30-24-15(12-27)13-29-19-10-23(22(33-2)8-16(19)24)34-7-3-5-31-6-4-28-14-31/h4,6,8-11,13-14H,3,5,7H2,1-2H3,(H,29,30). The van der Waals surface area contributed by atoms with Gasteiger partial charge in [0.1, 0.15) is 11.8 Å². The fraction of sp³-hybridized carbons (Fsp3) is 0.208. The normalized spacial score (nSPS) is 10.7. The van der Waals surface area contributed by atoms with Gasteiger partial charge in [-0.1, -0.05) is 23.2 Å². The fourth-order valence-corrected chi connectivity index (χ4v) is 3.96. The molecule has 2 heterocycles.